The lowest BCUT2D eigenvalue weighted by Gasteiger charge is -2.18. The van der Waals surface area contributed by atoms with Crippen LogP contribution >= 0.6 is 11.3 Å². The fraction of sp³-hybridized carbons (Fsp3) is 0.308. The molecule has 2 N–H and O–H groups in total. The highest BCUT2D eigenvalue weighted by Gasteiger charge is 2.24. The molecular weight excluding hydrogens is 446 g/mol. The van der Waals surface area contributed by atoms with E-state index >= 15 is 0 Å². The number of fused-ring (bicyclic) bond motifs is 1. The zero-order chi connectivity index (χ0) is 23.5. The number of benzene rings is 2. The average Bonchev–Trinajstić information content (AvgIpc) is 3.61. The molecule has 1 saturated carbocycles. The highest BCUT2D eigenvalue weighted by atomic mass is 32.1. The number of anilines is 1. The highest BCUT2D eigenvalue weighted by Crippen LogP contribution is 2.34. The fourth-order valence-electron chi connectivity index (χ4n) is 4.67. The lowest BCUT2D eigenvalue weighted by atomic mass is 10.1. The van der Waals surface area contributed by atoms with Gasteiger partial charge in [-0.05, 0) is 44.0 Å². The molecule has 0 aliphatic heterocycles. The molecule has 0 bridgehead atoms. The van der Waals surface area contributed by atoms with E-state index in [0.717, 1.165) is 23.2 Å². The molecule has 174 valence electrons. The second kappa shape index (κ2) is 9.77. The van der Waals surface area contributed by atoms with Crippen molar-refractivity contribution in [1.29, 1.82) is 0 Å². The van der Waals surface area contributed by atoms with E-state index in [9.17, 15) is 9.59 Å². The number of imidazole rings is 1. The number of amides is 2. The summed E-state index contributed by atoms with van der Waals surface area (Å²) in [5.41, 5.74) is 4.97. The highest BCUT2D eigenvalue weighted by molar-refractivity contribution is 7.09. The summed E-state index contributed by atoms with van der Waals surface area (Å²) in [6.45, 7) is 1.99. The van der Waals surface area contributed by atoms with Crippen molar-refractivity contribution >= 4 is 39.9 Å². The molecule has 1 aliphatic rings. The Morgan fingerprint density at radius 1 is 1.15 bits per heavy atom. The second-order valence-corrected chi connectivity index (χ2v) is 9.82. The zero-order valence-electron chi connectivity index (χ0n) is 19.0. The molecule has 1 unspecified atom stereocenters. The maximum Gasteiger partial charge on any atom is 0.255 e. The fourth-order valence-corrected chi connectivity index (χ4v) is 5.39. The first-order valence-corrected chi connectivity index (χ1v) is 12.5. The van der Waals surface area contributed by atoms with Crippen molar-refractivity contribution in [1.82, 2.24) is 19.9 Å². The summed E-state index contributed by atoms with van der Waals surface area (Å²) in [5.74, 6) is -0.391. The van der Waals surface area contributed by atoms with Crippen LogP contribution in [0.15, 0.2) is 60.5 Å². The van der Waals surface area contributed by atoms with Gasteiger partial charge in [-0.15, -0.1) is 11.3 Å². The van der Waals surface area contributed by atoms with Crippen molar-refractivity contribution in [3.8, 4) is 0 Å². The summed E-state index contributed by atoms with van der Waals surface area (Å²) >= 11 is 1.58. The minimum Gasteiger partial charge on any atom is -0.349 e. The van der Waals surface area contributed by atoms with E-state index in [1.54, 1.807) is 35.0 Å². The van der Waals surface area contributed by atoms with Crippen LogP contribution in [0.3, 0.4) is 0 Å². The van der Waals surface area contributed by atoms with Gasteiger partial charge in [0.25, 0.3) is 11.8 Å². The van der Waals surface area contributed by atoms with E-state index in [0.29, 0.717) is 34.8 Å². The van der Waals surface area contributed by atoms with Crippen LogP contribution in [0.5, 0.6) is 0 Å². The maximum atomic E-state index is 13.5. The second-order valence-electron chi connectivity index (χ2n) is 8.85. The topological polar surface area (TPSA) is 88.9 Å². The van der Waals surface area contributed by atoms with Crippen molar-refractivity contribution in [3.63, 3.8) is 0 Å². The quantitative estimate of drug-likeness (QED) is 0.385. The van der Waals surface area contributed by atoms with Crippen molar-refractivity contribution in [2.75, 3.05) is 5.32 Å². The Morgan fingerprint density at radius 2 is 1.94 bits per heavy atom. The van der Waals surface area contributed by atoms with Gasteiger partial charge in [0.1, 0.15) is 0 Å². The summed E-state index contributed by atoms with van der Waals surface area (Å²) in [6.07, 6.45) is 8.92. The van der Waals surface area contributed by atoms with E-state index in [2.05, 4.69) is 25.2 Å². The normalized spacial score (nSPS) is 14.9. The van der Waals surface area contributed by atoms with E-state index in [1.165, 1.54) is 12.8 Å². The van der Waals surface area contributed by atoms with Gasteiger partial charge in [-0.2, -0.15) is 0 Å². The van der Waals surface area contributed by atoms with Crippen LogP contribution in [0.25, 0.3) is 11.0 Å². The predicted octanol–water partition coefficient (Wildman–Crippen LogP) is 5.22. The first-order valence-electron chi connectivity index (χ1n) is 11.6. The van der Waals surface area contributed by atoms with Gasteiger partial charge in [-0.1, -0.05) is 31.0 Å². The van der Waals surface area contributed by atoms with Crippen LogP contribution in [-0.2, 0) is 6.42 Å². The molecule has 1 atom stereocenters. The van der Waals surface area contributed by atoms with Crippen LogP contribution in [0.1, 0.15) is 64.2 Å². The number of hydrogen-bond acceptors (Lipinski definition) is 5. The van der Waals surface area contributed by atoms with E-state index < -0.39 is 0 Å². The number of nitrogens with zero attached hydrogens (tertiary/aromatic N) is 3. The Balaban J connectivity index is 1.47. The molecule has 0 saturated heterocycles. The molecule has 2 amide bonds. The molecule has 0 radical (unpaired) electrons. The maximum absolute atomic E-state index is 13.5. The van der Waals surface area contributed by atoms with Crippen LogP contribution in [0.4, 0.5) is 5.69 Å². The Labute approximate surface area is 202 Å². The largest absolute Gasteiger partial charge is 0.349 e. The minimum atomic E-state index is -0.222. The molecule has 2 heterocycles. The lowest BCUT2D eigenvalue weighted by Crippen LogP contribution is -2.34. The van der Waals surface area contributed by atoms with Crippen molar-refractivity contribution < 1.29 is 9.59 Å². The minimum absolute atomic E-state index is 0.0617. The molecule has 4 aromatic rings. The van der Waals surface area contributed by atoms with Gasteiger partial charge >= 0.3 is 0 Å². The zero-order valence-corrected chi connectivity index (χ0v) is 19.8. The van der Waals surface area contributed by atoms with Gasteiger partial charge in [-0.3, -0.25) is 14.6 Å². The lowest BCUT2D eigenvalue weighted by molar-refractivity contribution is 0.0940. The smallest absolute Gasteiger partial charge is 0.255 e. The Morgan fingerprint density at radius 3 is 2.68 bits per heavy atom. The molecule has 2 aromatic carbocycles. The Hall–Kier alpha value is -3.52. The van der Waals surface area contributed by atoms with Gasteiger partial charge in [0, 0.05) is 40.8 Å². The standard InChI is InChI=1S/C26H27N5O2S/c1-17(11-21-14-27-16-34-21)29-26(33)22-12-19(30-25(32)18-7-3-2-4-8-18)13-23-24(22)31(15-28-23)20-9-5-6-10-20/h2-4,7-8,12-17,20H,5-6,9-11H2,1H3,(H,29,33)(H,30,32). The molecule has 2 aromatic heterocycles. The molecule has 1 fully saturated rings. The van der Waals surface area contributed by atoms with Crippen LogP contribution in [-0.4, -0.2) is 32.4 Å². The van der Waals surface area contributed by atoms with Gasteiger partial charge in [-0.25, -0.2) is 4.98 Å². The Kier molecular flexibility index (Phi) is 6.40. The molecule has 8 heteroatoms. The molecular formula is C26H27N5O2S. The molecule has 34 heavy (non-hydrogen) atoms. The third kappa shape index (κ3) is 4.72. The number of rotatable bonds is 7. The summed E-state index contributed by atoms with van der Waals surface area (Å²) in [4.78, 5) is 36.1. The number of carbonyl (C=O) groups excluding carboxylic acids is 2. The van der Waals surface area contributed by atoms with Crippen molar-refractivity contribution in [3.05, 3.63) is 76.5 Å². The SMILES string of the molecule is CC(Cc1cncs1)NC(=O)c1cc(NC(=O)c2ccccc2)cc2ncn(C3CCCC3)c12. The molecule has 5 rings (SSSR count). The van der Waals surface area contributed by atoms with E-state index in [1.807, 2.05) is 43.7 Å². The van der Waals surface area contributed by atoms with Gasteiger partial charge in [0.2, 0.25) is 0 Å². The Bertz CT molecular complexity index is 1290. The van der Waals surface area contributed by atoms with Gasteiger partial charge in [0.05, 0.1) is 28.4 Å². The third-order valence-electron chi connectivity index (χ3n) is 6.29. The summed E-state index contributed by atoms with van der Waals surface area (Å²) in [6, 6.07) is 12.9. The number of aromatic nitrogens is 3. The van der Waals surface area contributed by atoms with Gasteiger partial charge in [0.15, 0.2) is 0 Å². The van der Waals surface area contributed by atoms with E-state index in [-0.39, 0.29) is 17.9 Å². The molecule has 0 spiro atoms. The number of hydrogen-bond donors (Lipinski definition) is 2. The van der Waals surface area contributed by atoms with Crippen molar-refractivity contribution in [2.45, 2.75) is 51.1 Å². The predicted molar refractivity (Wildman–Crippen MR) is 134 cm³/mol. The molecule has 1 aliphatic carbocycles. The van der Waals surface area contributed by atoms with Crippen LogP contribution < -0.4 is 10.6 Å². The number of nitrogens with one attached hydrogen (secondary N) is 2. The van der Waals surface area contributed by atoms with Crippen LogP contribution in [0, 0.1) is 0 Å². The van der Waals surface area contributed by atoms with Crippen LogP contribution in [0.2, 0.25) is 0 Å². The van der Waals surface area contributed by atoms with Crippen molar-refractivity contribution in [2.24, 2.45) is 0 Å². The summed E-state index contributed by atoms with van der Waals surface area (Å²) < 4.78 is 2.15. The first kappa shape index (κ1) is 22.3. The van der Waals surface area contributed by atoms with E-state index in [4.69, 9.17) is 0 Å². The molecule has 7 nitrogen and oxygen atoms in total. The first-order chi connectivity index (χ1) is 16.6. The average molecular weight is 474 g/mol. The van der Waals surface area contributed by atoms with Gasteiger partial charge < -0.3 is 15.2 Å². The number of carbonyl (C=O) groups is 2. The summed E-state index contributed by atoms with van der Waals surface area (Å²) in [5, 5.41) is 6.07. The summed E-state index contributed by atoms with van der Waals surface area (Å²) in [7, 11) is 0. The monoisotopic (exact) mass is 473 g/mol. The number of thiazole rings is 1. The third-order valence-corrected chi connectivity index (χ3v) is 7.10.